The van der Waals surface area contributed by atoms with Crippen molar-refractivity contribution in [3.63, 3.8) is 0 Å². The Bertz CT molecular complexity index is 679. The summed E-state index contributed by atoms with van der Waals surface area (Å²) >= 11 is 6.20. The van der Waals surface area contributed by atoms with Crippen LogP contribution in [-0.2, 0) is 9.47 Å². The van der Waals surface area contributed by atoms with Gasteiger partial charge in [0, 0.05) is 62.6 Å². The van der Waals surface area contributed by atoms with Crippen LogP contribution in [0.15, 0.2) is 23.2 Å². The van der Waals surface area contributed by atoms with Gasteiger partial charge in [0.25, 0.3) is 0 Å². The maximum atomic E-state index is 6.20. The molecule has 2 saturated heterocycles. The number of aliphatic imine (C=N–C) groups is 1. The Hall–Kier alpha value is -1.50. The van der Waals surface area contributed by atoms with E-state index in [4.69, 9.17) is 26.1 Å². The van der Waals surface area contributed by atoms with E-state index < -0.39 is 0 Å². The molecule has 0 bridgehead atoms. The van der Waals surface area contributed by atoms with Gasteiger partial charge in [-0.2, -0.15) is 0 Å². The van der Waals surface area contributed by atoms with Crippen LogP contribution in [-0.4, -0.2) is 65.1 Å². The van der Waals surface area contributed by atoms with Crippen LogP contribution in [0.1, 0.15) is 31.7 Å². The molecule has 1 aromatic rings. The number of halogens is 1. The Morgan fingerprint density at radius 2 is 2.20 bits per heavy atom. The van der Waals surface area contributed by atoms with E-state index in [2.05, 4.69) is 41.5 Å². The highest BCUT2D eigenvalue weighted by Crippen LogP contribution is 2.29. The first-order valence-electron chi connectivity index (χ1n) is 11.3. The molecule has 7 heteroatoms. The van der Waals surface area contributed by atoms with E-state index in [0.29, 0.717) is 11.8 Å². The van der Waals surface area contributed by atoms with Gasteiger partial charge in [-0.3, -0.25) is 4.99 Å². The van der Waals surface area contributed by atoms with Gasteiger partial charge < -0.3 is 25.0 Å². The van der Waals surface area contributed by atoms with Gasteiger partial charge in [-0.15, -0.1) is 0 Å². The predicted molar refractivity (Wildman–Crippen MR) is 125 cm³/mol. The average molecular weight is 437 g/mol. The number of nitrogens with one attached hydrogen (secondary N) is 2. The Labute approximate surface area is 186 Å². The van der Waals surface area contributed by atoms with Gasteiger partial charge in [0.15, 0.2) is 5.96 Å². The third-order valence-electron chi connectivity index (χ3n) is 5.78. The van der Waals surface area contributed by atoms with Crippen molar-refractivity contribution >= 4 is 23.2 Å². The summed E-state index contributed by atoms with van der Waals surface area (Å²) < 4.78 is 11.2. The molecular weight excluding hydrogens is 400 g/mol. The molecule has 2 aliphatic heterocycles. The molecule has 2 unspecified atom stereocenters. The molecule has 0 saturated carbocycles. The summed E-state index contributed by atoms with van der Waals surface area (Å²) in [5.74, 6) is 2.05. The van der Waals surface area contributed by atoms with Gasteiger partial charge in [-0.25, -0.2) is 0 Å². The SMILES string of the molecule is CCNC(=NCC1CCN(c2cc(Cl)ccc2C)C1)NCCCOCC1CCOC1. The lowest BCUT2D eigenvalue weighted by Gasteiger charge is -2.21. The third-order valence-corrected chi connectivity index (χ3v) is 6.02. The summed E-state index contributed by atoms with van der Waals surface area (Å²) in [6.07, 6.45) is 3.27. The van der Waals surface area contributed by atoms with E-state index in [1.807, 2.05) is 6.07 Å². The van der Waals surface area contributed by atoms with E-state index in [0.717, 1.165) is 89.4 Å². The van der Waals surface area contributed by atoms with Crippen molar-refractivity contribution in [2.24, 2.45) is 16.8 Å². The van der Waals surface area contributed by atoms with Gasteiger partial charge >= 0.3 is 0 Å². The van der Waals surface area contributed by atoms with Crippen LogP contribution in [0.5, 0.6) is 0 Å². The summed E-state index contributed by atoms with van der Waals surface area (Å²) in [6, 6.07) is 6.14. The van der Waals surface area contributed by atoms with Crippen LogP contribution >= 0.6 is 11.6 Å². The minimum Gasteiger partial charge on any atom is -0.381 e. The molecule has 0 aliphatic carbocycles. The normalized spacial score (nSPS) is 22.0. The topological polar surface area (TPSA) is 58.1 Å². The number of ether oxygens (including phenoxy) is 2. The highest BCUT2D eigenvalue weighted by molar-refractivity contribution is 6.30. The van der Waals surface area contributed by atoms with Crippen LogP contribution in [0.25, 0.3) is 0 Å². The molecule has 30 heavy (non-hydrogen) atoms. The van der Waals surface area contributed by atoms with E-state index in [1.165, 1.54) is 11.3 Å². The summed E-state index contributed by atoms with van der Waals surface area (Å²) in [4.78, 5) is 7.27. The van der Waals surface area contributed by atoms with Crippen LogP contribution in [0.4, 0.5) is 5.69 Å². The summed E-state index contributed by atoms with van der Waals surface area (Å²) in [7, 11) is 0. The number of guanidine groups is 1. The molecule has 2 fully saturated rings. The Morgan fingerprint density at radius 3 is 3.00 bits per heavy atom. The summed E-state index contributed by atoms with van der Waals surface area (Å²) in [6.45, 7) is 12.2. The predicted octanol–water partition coefficient (Wildman–Crippen LogP) is 3.47. The fourth-order valence-electron chi connectivity index (χ4n) is 4.03. The van der Waals surface area contributed by atoms with Crippen LogP contribution in [0.2, 0.25) is 5.02 Å². The fourth-order valence-corrected chi connectivity index (χ4v) is 4.20. The second-order valence-electron chi connectivity index (χ2n) is 8.34. The molecule has 2 heterocycles. The Kier molecular flexibility index (Phi) is 9.56. The quantitative estimate of drug-likeness (QED) is 0.334. The molecule has 0 amide bonds. The van der Waals surface area contributed by atoms with Crippen LogP contribution in [0, 0.1) is 18.8 Å². The smallest absolute Gasteiger partial charge is 0.191 e. The highest BCUT2D eigenvalue weighted by Gasteiger charge is 2.23. The number of hydrogen-bond donors (Lipinski definition) is 2. The first kappa shape index (κ1) is 23.2. The maximum absolute atomic E-state index is 6.20. The second kappa shape index (κ2) is 12.4. The molecule has 0 spiro atoms. The zero-order valence-electron chi connectivity index (χ0n) is 18.5. The maximum Gasteiger partial charge on any atom is 0.191 e. The zero-order valence-corrected chi connectivity index (χ0v) is 19.2. The first-order chi connectivity index (χ1) is 14.7. The number of hydrogen-bond acceptors (Lipinski definition) is 4. The number of nitrogens with zero attached hydrogens (tertiary/aromatic N) is 2. The molecule has 168 valence electrons. The minimum atomic E-state index is 0.566. The molecular formula is C23H37ClN4O2. The Morgan fingerprint density at radius 1 is 1.30 bits per heavy atom. The van der Waals surface area contributed by atoms with Crippen molar-refractivity contribution < 1.29 is 9.47 Å². The van der Waals surface area contributed by atoms with E-state index in [9.17, 15) is 0 Å². The van der Waals surface area contributed by atoms with E-state index >= 15 is 0 Å². The third kappa shape index (κ3) is 7.33. The fraction of sp³-hybridized carbons (Fsp3) is 0.696. The molecule has 6 nitrogen and oxygen atoms in total. The number of anilines is 1. The van der Waals surface area contributed by atoms with Gasteiger partial charge in [0.1, 0.15) is 0 Å². The van der Waals surface area contributed by atoms with Crippen molar-refractivity contribution in [1.82, 2.24) is 10.6 Å². The molecule has 0 radical (unpaired) electrons. The van der Waals surface area contributed by atoms with Crippen molar-refractivity contribution in [3.05, 3.63) is 28.8 Å². The molecule has 0 aromatic heterocycles. The Balaban J connectivity index is 1.37. The molecule has 3 rings (SSSR count). The number of benzene rings is 1. The van der Waals surface area contributed by atoms with E-state index in [1.54, 1.807) is 0 Å². The minimum absolute atomic E-state index is 0.566. The molecule has 2 aliphatic rings. The second-order valence-corrected chi connectivity index (χ2v) is 8.77. The van der Waals surface area contributed by atoms with Gasteiger partial charge in [-0.05, 0) is 56.7 Å². The number of rotatable bonds is 10. The number of aryl methyl sites for hydroxylation is 1. The lowest BCUT2D eigenvalue weighted by Crippen LogP contribution is -2.38. The summed E-state index contributed by atoms with van der Waals surface area (Å²) in [5, 5.41) is 7.59. The first-order valence-corrected chi connectivity index (χ1v) is 11.7. The van der Waals surface area contributed by atoms with Crippen molar-refractivity contribution in [3.8, 4) is 0 Å². The highest BCUT2D eigenvalue weighted by atomic mass is 35.5. The molecule has 1 aromatic carbocycles. The lowest BCUT2D eigenvalue weighted by molar-refractivity contribution is 0.0888. The molecule has 2 atom stereocenters. The van der Waals surface area contributed by atoms with Crippen molar-refractivity contribution in [2.45, 2.75) is 33.1 Å². The van der Waals surface area contributed by atoms with Gasteiger partial charge in [0.2, 0.25) is 0 Å². The average Bonchev–Trinajstić information content (AvgIpc) is 3.42. The largest absolute Gasteiger partial charge is 0.381 e. The zero-order chi connectivity index (χ0) is 21.2. The standard InChI is InChI=1S/C23H37ClN4O2/c1-3-25-23(26-9-4-11-29-16-20-8-12-30-17-20)27-14-19-7-10-28(15-19)22-13-21(24)6-5-18(22)2/h5-6,13,19-20H,3-4,7-12,14-17H2,1-2H3,(H2,25,26,27). The summed E-state index contributed by atoms with van der Waals surface area (Å²) in [5.41, 5.74) is 2.53. The van der Waals surface area contributed by atoms with Crippen molar-refractivity contribution in [1.29, 1.82) is 0 Å². The lowest BCUT2D eigenvalue weighted by atomic mass is 10.1. The van der Waals surface area contributed by atoms with Crippen molar-refractivity contribution in [2.75, 3.05) is 64.1 Å². The van der Waals surface area contributed by atoms with Crippen LogP contribution < -0.4 is 15.5 Å². The van der Waals surface area contributed by atoms with Gasteiger partial charge in [0.05, 0.1) is 13.2 Å². The molecule has 2 N–H and O–H groups in total. The van der Waals surface area contributed by atoms with Gasteiger partial charge in [-0.1, -0.05) is 17.7 Å². The van der Waals surface area contributed by atoms with E-state index in [-0.39, 0.29) is 0 Å². The van der Waals surface area contributed by atoms with Crippen LogP contribution in [0.3, 0.4) is 0 Å². The monoisotopic (exact) mass is 436 g/mol.